The van der Waals surface area contributed by atoms with Crippen molar-refractivity contribution in [1.82, 2.24) is 19.6 Å². The van der Waals surface area contributed by atoms with Crippen molar-refractivity contribution in [3.63, 3.8) is 0 Å². The normalized spacial score (nSPS) is 16.7. The lowest BCUT2D eigenvalue weighted by molar-refractivity contribution is 0.0125. The Bertz CT molecular complexity index is 1160. The van der Waals surface area contributed by atoms with E-state index >= 15 is 0 Å². The van der Waals surface area contributed by atoms with Crippen LogP contribution in [-0.2, 0) is 4.74 Å². The van der Waals surface area contributed by atoms with Crippen LogP contribution in [0.3, 0.4) is 0 Å². The van der Waals surface area contributed by atoms with Crippen molar-refractivity contribution in [3.8, 4) is 29.5 Å². The molecule has 1 saturated heterocycles. The number of nitrogens with zero attached hydrogens (tertiary/aromatic N) is 3. The lowest BCUT2D eigenvalue weighted by Crippen LogP contribution is -2.20. The van der Waals surface area contributed by atoms with Gasteiger partial charge in [-0.2, -0.15) is 14.6 Å². The van der Waals surface area contributed by atoms with Gasteiger partial charge in [0.1, 0.15) is 11.8 Å². The highest BCUT2D eigenvalue weighted by Gasteiger charge is 2.28. The van der Waals surface area contributed by atoms with Crippen LogP contribution in [0.25, 0.3) is 16.8 Å². The maximum atomic E-state index is 14.1. The van der Waals surface area contributed by atoms with Gasteiger partial charge in [-0.05, 0) is 37.0 Å². The minimum atomic E-state index is -1.16. The quantitative estimate of drug-likeness (QED) is 0.517. The second-order valence-corrected chi connectivity index (χ2v) is 6.85. The molecular formula is C19H15ClF2N4O3. The Kier molecular flexibility index (Phi) is 5.22. The van der Waals surface area contributed by atoms with Crippen molar-refractivity contribution in [2.75, 3.05) is 13.2 Å². The third-order valence-electron chi connectivity index (χ3n) is 4.55. The number of aromatic amines is 1. The van der Waals surface area contributed by atoms with Gasteiger partial charge in [0.05, 0.1) is 10.6 Å². The number of H-pyrrole nitrogens is 1. The van der Waals surface area contributed by atoms with Crippen LogP contribution in [0.4, 0.5) is 8.78 Å². The van der Waals surface area contributed by atoms with Crippen LogP contribution in [0.15, 0.2) is 16.9 Å². The topological polar surface area (TPSA) is 81.5 Å². The number of aromatic nitrogens is 4. The van der Waals surface area contributed by atoms with Gasteiger partial charge in [-0.15, -0.1) is 6.42 Å². The van der Waals surface area contributed by atoms with Crippen molar-refractivity contribution in [1.29, 1.82) is 0 Å². The summed E-state index contributed by atoms with van der Waals surface area (Å²) in [6.45, 7) is 0.412. The summed E-state index contributed by atoms with van der Waals surface area (Å²) in [4.78, 5) is 19.2. The fourth-order valence-corrected chi connectivity index (χ4v) is 3.48. The van der Waals surface area contributed by atoms with E-state index in [-0.39, 0.29) is 23.8 Å². The second-order valence-electron chi connectivity index (χ2n) is 6.44. The SMILES string of the molecule is C#CCOc1nc2c(-c3cc(F)c(F)c(Cl)c3)c(C3CCCCO3)nn2c(=O)[nH]1. The fraction of sp³-hybridized carbons (Fsp3) is 0.316. The Labute approximate surface area is 168 Å². The number of hydrogen-bond donors (Lipinski definition) is 1. The van der Waals surface area contributed by atoms with Crippen molar-refractivity contribution < 1.29 is 18.3 Å². The van der Waals surface area contributed by atoms with Crippen LogP contribution in [0, 0.1) is 24.0 Å². The van der Waals surface area contributed by atoms with Crippen LogP contribution in [0.2, 0.25) is 5.02 Å². The van der Waals surface area contributed by atoms with Crippen molar-refractivity contribution in [2.24, 2.45) is 0 Å². The first-order valence-electron chi connectivity index (χ1n) is 8.85. The van der Waals surface area contributed by atoms with Crippen molar-refractivity contribution in [3.05, 3.63) is 45.0 Å². The number of rotatable bonds is 4. The highest BCUT2D eigenvalue weighted by molar-refractivity contribution is 6.31. The summed E-state index contributed by atoms with van der Waals surface area (Å²) >= 11 is 5.85. The Morgan fingerprint density at radius 2 is 2.24 bits per heavy atom. The monoisotopic (exact) mass is 420 g/mol. The maximum absolute atomic E-state index is 14.1. The van der Waals surface area contributed by atoms with Crippen molar-refractivity contribution >= 4 is 17.2 Å². The summed E-state index contributed by atoms with van der Waals surface area (Å²) in [6, 6.07) is 2.12. The number of hydrogen-bond acceptors (Lipinski definition) is 5. The predicted molar refractivity (Wildman–Crippen MR) is 101 cm³/mol. The first-order valence-corrected chi connectivity index (χ1v) is 9.23. The zero-order valence-corrected chi connectivity index (χ0v) is 15.8. The van der Waals surface area contributed by atoms with E-state index in [2.05, 4.69) is 21.0 Å². The largest absolute Gasteiger partial charge is 0.451 e. The number of fused-ring (bicyclic) bond motifs is 1. The summed E-state index contributed by atoms with van der Waals surface area (Å²) < 4.78 is 39.9. The summed E-state index contributed by atoms with van der Waals surface area (Å²) in [5.41, 5.74) is 0.383. The molecule has 1 unspecified atom stereocenters. The van der Waals surface area contributed by atoms with E-state index < -0.39 is 28.5 Å². The molecular weight excluding hydrogens is 406 g/mol. The Hall–Kier alpha value is -2.96. The Balaban J connectivity index is 1.98. The van der Waals surface area contributed by atoms with E-state index in [1.807, 2.05) is 0 Å². The lowest BCUT2D eigenvalue weighted by atomic mass is 9.98. The fourth-order valence-electron chi connectivity index (χ4n) is 3.28. The van der Waals surface area contributed by atoms with E-state index in [9.17, 15) is 13.6 Å². The molecule has 1 aliphatic rings. The third-order valence-corrected chi connectivity index (χ3v) is 4.83. The molecule has 3 aromatic rings. The number of terminal acetylenes is 1. The zero-order chi connectivity index (χ0) is 20.5. The Morgan fingerprint density at radius 3 is 2.93 bits per heavy atom. The van der Waals surface area contributed by atoms with Crippen LogP contribution >= 0.6 is 11.6 Å². The van der Waals surface area contributed by atoms with Crippen molar-refractivity contribution in [2.45, 2.75) is 25.4 Å². The lowest BCUT2D eigenvalue weighted by Gasteiger charge is -2.21. The summed E-state index contributed by atoms with van der Waals surface area (Å²) in [5.74, 6) is -0.0169. The molecule has 1 fully saturated rings. The predicted octanol–water partition coefficient (Wildman–Crippen LogP) is 3.27. The third kappa shape index (κ3) is 3.57. The average molecular weight is 421 g/mol. The first kappa shape index (κ1) is 19.4. The van der Waals surface area contributed by atoms with Crippen LogP contribution < -0.4 is 10.4 Å². The standard InChI is InChI=1S/C19H15ClF2N4O3/c1-2-6-29-18-23-17-14(10-8-11(20)15(22)12(21)9-10)16(13-5-3-4-7-28-13)25-26(17)19(27)24-18/h1,8-9,13H,3-7H2,(H,23,24,27). The van der Waals surface area contributed by atoms with Gasteiger partial charge < -0.3 is 9.47 Å². The molecule has 2 aromatic heterocycles. The summed E-state index contributed by atoms with van der Waals surface area (Å²) in [6.07, 6.45) is 7.21. The Morgan fingerprint density at radius 1 is 1.41 bits per heavy atom. The van der Waals surface area contributed by atoms with Gasteiger partial charge in [0.2, 0.25) is 0 Å². The number of ether oxygens (including phenoxy) is 2. The molecule has 4 rings (SSSR count). The van der Waals surface area contributed by atoms with Crippen LogP contribution in [0.5, 0.6) is 6.01 Å². The van der Waals surface area contributed by atoms with Crippen LogP contribution in [-0.4, -0.2) is 32.8 Å². The van der Waals surface area contributed by atoms with Gasteiger partial charge in [0.15, 0.2) is 23.9 Å². The average Bonchev–Trinajstić information content (AvgIpc) is 3.11. The van der Waals surface area contributed by atoms with E-state index in [1.165, 1.54) is 6.07 Å². The maximum Gasteiger partial charge on any atom is 0.352 e. The molecule has 7 nitrogen and oxygen atoms in total. The van der Waals surface area contributed by atoms with E-state index in [0.29, 0.717) is 24.3 Å². The molecule has 150 valence electrons. The number of benzene rings is 1. The van der Waals surface area contributed by atoms with Gasteiger partial charge in [-0.25, -0.2) is 13.6 Å². The molecule has 1 atom stereocenters. The van der Waals surface area contributed by atoms with E-state index in [0.717, 1.165) is 23.4 Å². The zero-order valence-electron chi connectivity index (χ0n) is 15.0. The molecule has 0 radical (unpaired) electrons. The molecule has 1 N–H and O–H groups in total. The minimum absolute atomic E-state index is 0.0898. The molecule has 0 saturated carbocycles. The van der Waals surface area contributed by atoms with Gasteiger partial charge in [0.25, 0.3) is 0 Å². The molecule has 1 aliphatic heterocycles. The minimum Gasteiger partial charge on any atom is -0.451 e. The molecule has 0 bridgehead atoms. The smallest absolute Gasteiger partial charge is 0.352 e. The molecule has 1 aromatic carbocycles. The molecule has 29 heavy (non-hydrogen) atoms. The molecule has 10 heteroatoms. The van der Waals surface area contributed by atoms with Gasteiger partial charge in [0, 0.05) is 6.61 Å². The molecule has 0 aliphatic carbocycles. The van der Waals surface area contributed by atoms with Gasteiger partial charge >= 0.3 is 11.7 Å². The number of nitrogens with one attached hydrogen (secondary N) is 1. The first-order chi connectivity index (χ1) is 14.0. The highest BCUT2D eigenvalue weighted by atomic mass is 35.5. The van der Waals surface area contributed by atoms with Gasteiger partial charge in [-0.1, -0.05) is 17.5 Å². The summed E-state index contributed by atoms with van der Waals surface area (Å²) in [5, 5.41) is 3.95. The molecule has 3 heterocycles. The second kappa shape index (κ2) is 7.81. The molecule has 0 spiro atoms. The van der Waals surface area contributed by atoms with Crippen LogP contribution in [0.1, 0.15) is 31.1 Å². The highest BCUT2D eigenvalue weighted by Crippen LogP contribution is 2.38. The molecule has 0 amide bonds. The number of halogens is 3. The van der Waals surface area contributed by atoms with E-state index in [4.69, 9.17) is 27.5 Å². The van der Waals surface area contributed by atoms with E-state index in [1.54, 1.807) is 0 Å². The summed E-state index contributed by atoms with van der Waals surface area (Å²) in [7, 11) is 0. The van der Waals surface area contributed by atoms with Gasteiger partial charge in [-0.3, -0.25) is 4.98 Å².